The van der Waals surface area contributed by atoms with Gasteiger partial charge in [-0.15, -0.1) is 0 Å². The molecule has 1 fully saturated rings. The minimum Gasteiger partial charge on any atom is -0.299 e. The van der Waals surface area contributed by atoms with E-state index >= 15 is 0 Å². The zero-order chi connectivity index (χ0) is 12.3. The van der Waals surface area contributed by atoms with E-state index in [2.05, 4.69) is 0 Å². The van der Waals surface area contributed by atoms with Crippen molar-refractivity contribution in [3.05, 3.63) is 34.6 Å². The highest BCUT2D eigenvalue weighted by molar-refractivity contribution is 6.30. The van der Waals surface area contributed by atoms with E-state index in [1.165, 1.54) is 6.07 Å². The lowest BCUT2D eigenvalue weighted by atomic mass is 9.91. The molecule has 1 aliphatic rings. The van der Waals surface area contributed by atoms with Crippen LogP contribution in [-0.4, -0.2) is 5.78 Å². The Bertz CT molecular complexity index is 417. The Balaban J connectivity index is 2.13. The minimum absolute atomic E-state index is 0.0227. The molecule has 0 N–H and O–H groups in total. The van der Waals surface area contributed by atoms with Crippen molar-refractivity contribution < 1.29 is 9.18 Å². The maximum atomic E-state index is 13.7. The van der Waals surface area contributed by atoms with Gasteiger partial charge in [0.25, 0.3) is 0 Å². The van der Waals surface area contributed by atoms with Gasteiger partial charge in [0.1, 0.15) is 11.6 Å². The molecule has 1 saturated carbocycles. The van der Waals surface area contributed by atoms with Crippen LogP contribution in [0.15, 0.2) is 18.2 Å². The van der Waals surface area contributed by atoms with Crippen LogP contribution in [0.3, 0.4) is 0 Å². The number of benzene rings is 1. The van der Waals surface area contributed by atoms with E-state index in [0.717, 1.165) is 25.7 Å². The van der Waals surface area contributed by atoms with Crippen LogP contribution in [-0.2, 0) is 11.2 Å². The maximum absolute atomic E-state index is 13.7. The van der Waals surface area contributed by atoms with E-state index in [1.807, 2.05) is 0 Å². The fraction of sp³-hybridized carbons (Fsp3) is 0.500. The fourth-order valence-corrected chi connectivity index (χ4v) is 2.61. The lowest BCUT2D eigenvalue weighted by molar-refractivity contribution is -0.122. The normalized spacial score (nSPS) is 21.3. The first-order chi connectivity index (χ1) is 8.18. The van der Waals surface area contributed by atoms with Gasteiger partial charge in [-0.3, -0.25) is 4.79 Å². The van der Waals surface area contributed by atoms with Crippen molar-refractivity contribution in [3.8, 4) is 0 Å². The van der Waals surface area contributed by atoms with Gasteiger partial charge in [0.05, 0.1) is 5.02 Å². The fourth-order valence-electron chi connectivity index (χ4n) is 2.42. The van der Waals surface area contributed by atoms with Gasteiger partial charge in [0, 0.05) is 12.3 Å². The van der Waals surface area contributed by atoms with Gasteiger partial charge in [-0.2, -0.15) is 0 Å². The van der Waals surface area contributed by atoms with Crippen LogP contribution in [0.4, 0.5) is 4.39 Å². The molecule has 2 rings (SSSR count). The SMILES string of the molecule is O=C1CCCCCC1Cc1cccc(Cl)c1F. The highest BCUT2D eigenvalue weighted by Crippen LogP contribution is 2.26. The molecule has 1 nitrogen and oxygen atoms in total. The molecule has 0 aromatic heterocycles. The third kappa shape index (κ3) is 3.06. The first-order valence-electron chi connectivity index (χ1n) is 6.14. The zero-order valence-electron chi connectivity index (χ0n) is 9.72. The second-order valence-corrected chi connectivity index (χ2v) is 5.09. The van der Waals surface area contributed by atoms with Crippen LogP contribution in [0.2, 0.25) is 5.02 Å². The Morgan fingerprint density at radius 3 is 2.94 bits per heavy atom. The molecule has 17 heavy (non-hydrogen) atoms. The van der Waals surface area contributed by atoms with Gasteiger partial charge in [0.2, 0.25) is 0 Å². The molecule has 0 bridgehead atoms. The van der Waals surface area contributed by atoms with Crippen molar-refractivity contribution in [2.75, 3.05) is 0 Å². The predicted molar refractivity (Wildman–Crippen MR) is 66.7 cm³/mol. The number of hydrogen-bond donors (Lipinski definition) is 0. The third-order valence-electron chi connectivity index (χ3n) is 3.43. The Labute approximate surface area is 106 Å². The Morgan fingerprint density at radius 2 is 2.12 bits per heavy atom. The molecule has 0 radical (unpaired) electrons. The summed E-state index contributed by atoms with van der Waals surface area (Å²) in [5.41, 5.74) is 0.567. The second-order valence-electron chi connectivity index (χ2n) is 4.68. The lowest BCUT2D eigenvalue weighted by Crippen LogP contribution is -2.16. The van der Waals surface area contributed by atoms with E-state index in [4.69, 9.17) is 11.6 Å². The van der Waals surface area contributed by atoms with Crippen LogP contribution in [0, 0.1) is 11.7 Å². The first kappa shape index (κ1) is 12.6. The molecular formula is C14H16ClFO. The highest BCUT2D eigenvalue weighted by atomic mass is 35.5. The zero-order valence-corrected chi connectivity index (χ0v) is 10.5. The topological polar surface area (TPSA) is 17.1 Å². The van der Waals surface area contributed by atoms with Gasteiger partial charge < -0.3 is 0 Å². The summed E-state index contributed by atoms with van der Waals surface area (Å²) in [6.45, 7) is 0. The van der Waals surface area contributed by atoms with E-state index < -0.39 is 0 Å². The number of hydrogen-bond acceptors (Lipinski definition) is 1. The average molecular weight is 255 g/mol. The molecule has 1 aliphatic carbocycles. The molecule has 1 unspecified atom stereocenters. The number of ketones is 1. The van der Waals surface area contributed by atoms with E-state index in [0.29, 0.717) is 18.4 Å². The Kier molecular flexibility index (Phi) is 4.16. The minimum atomic E-state index is -0.369. The summed E-state index contributed by atoms with van der Waals surface area (Å²) in [7, 11) is 0. The number of rotatable bonds is 2. The Hall–Kier alpha value is -0.890. The monoisotopic (exact) mass is 254 g/mol. The van der Waals surface area contributed by atoms with E-state index in [-0.39, 0.29) is 22.5 Å². The van der Waals surface area contributed by atoms with Gasteiger partial charge in [-0.05, 0) is 30.9 Å². The standard InChI is InChI=1S/C14H16ClFO/c15-12-7-4-6-11(14(12)16)9-10-5-2-1-3-8-13(10)17/h4,6-7,10H,1-3,5,8-9H2. The first-order valence-corrected chi connectivity index (χ1v) is 6.52. The summed E-state index contributed by atoms with van der Waals surface area (Å²) in [4.78, 5) is 11.9. The quantitative estimate of drug-likeness (QED) is 0.724. The molecule has 0 heterocycles. The van der Waals surface area contributed by atoms with Gasteiger partial charge in [-0.1, -0.05) is 36.6 Å². The van der Waals surface area contributed by atoms with Gasteiger partial charge >= 0.3 is 0 Å². The van der Waals surface area contributed by atoms with Crippen molar-refractivity contribution in [2.45, 2.75) is 38.5 Å². The smallest absolute Gasteiger partial charge is 0.144 e. The largest absolute Gasteiger partial charge is 0.299 e. The molecule has 1 aromatic carbocycles. The van der Waals surface area contributed by atoms with E-state index in [9.17, 15) is 9.18 Å². The third-order valence-corrected chi connectivity index (χ3v) is 3.72. The van der Waals surface area contributed by atoms with Crippen molar-refractivity contribution in [2.24, 2.45) is 5.92 Å². The van der Waals surface area contributed by atoms with Gasteiger partial charge in [-0.25, -0.2) is 4.39 Å². The van der Waals surface area contributed by atoms with Crippen LogP contribution in [0.5, 0.6) is 0 Å². The molecule has 92 valence electrons. The molecule has 1 aromatic rings. The summed E-state index contributed by atoms with van der Waals surface area (Å²) in [6.07, 6.45) is 5.18. The average Bonchev–Trinajstić information content (AvgIpc) is 2.51. The van der Waals surface area contributed by atoms with Crippen molar-refractivity contribution in [1.82, 2.24) is 0 Å². The predicted octanol–water partition coefficient (Wildman–Crippen LogP) is 4.17. The molecule has 0 spiro atoms. The summed E-state index contributed by atoms with van der Waals surface area (Å²) in [6, 6.07) is 5.00. The molecular weight excluding hydrogens is 239 g/mol. The lowest BCUT2D eigenvalue weighted by Gasteiger charge is -2.13. The number of carbonyl (C=O) groups excluding carboxylic acids is 1. The highest BCUT2D eigenvalue weighted by Gasteiger charge is 2.22. The maximum Gasteiger partial charge on any atom is 0.144 e. The van der Waals surface area contributed by atoms with Crippen molar-refractivity contribution in [3.63, 3.8) is 0 Å². The van der Waals surface area contributed by atoms with E-state index in [1.54, 1.807) is 12.1 Å². The van der Waals surface area contributed by atoms with Gasteiger partial charge in [0.15, 0.2) is 0 Å². The van der Waals surface area contributed by atoms with Crippen LogP contribution in [0.1, 0.15) is 37.7 Å². The Morgan fingerprint density at radius 1 is 1.29 bits per heavy atom. The summed E-state index contributed by atoms with van der Waals surface area (Å²) in [5.74, 6) is -0.112. The van der Waals surface area contributed by atoms with Crippen molar-refractivity contribution in [1.29, 1.82) is 0 Å². The number of carbonyl (C=O) groups is 1. The molecule has 3 heteroatoms. The number of halogens is 2. The molecule has 1 atom stereocenters. The summed E-state index contributed by atoms with van der Waals surface area (Å²) >= 11 is 5.74. The van der Waals surface area contributed by atoms with Crippen LogP contribution < -0.4 is 0 Å². The summed E-state index contributed by atoms with van der Waals surface area (Å²) < 4.78 is 13.7. The van der Waals surface area contributed by atoms with Crippen LogP contribution >= 0.6 is 11.6 Å². The number of Topliss-reactive ketones (excluding diaryl/α,β-unsaturated/α-hetero) is 1. The van der Waals surface area contributed by atoms with Crippen molar-refractivity contribution >= 4 is 17.4 Å². The molecule has 0 saturated heterocycles. The summed E-state index contributed by atoms with van der Waals surface area (Å²) in [5, 5.41) is 0.142. The van der Waals surface area contributed by atoms with Crippen LogP contribution in [0.25, 0.3) is 0 Å². The molecule has 0 aliphatic heterocycles. The molecule has 0 amide bonds. The second kappa shape index (κ2) is 5.63.